The predicted molar refractivity (Wildman–Crippen MR) is 106 cm³/mol. The lowest BCUT2D eigenvalue weighted by atomic mass is 9.91. The Labute approximate surface area is 160 Å². The van der Waals surface area contributed by atoms with Gasteiger partial charge in [0.1, 0.15) is 5.75 Å². The van der Waals surface area contributed by atoms with Gasteiger partial charge in [0, 0.05) is 10.6 Å². The van der Waals surface area contributed by atoms with Crippen LogP contribution in [0.15, 0.2) is 54.6 Å². The smallest absolute Gasteiger partial charge is 0.265 e. The van der Waals surface area contributed by atoms with Crippen molar-refractivity contribution >= 4 is 28.8 Å². The van der Waals surface area contributed by atoms with Crippen LogP contribution in [0.2, 0.25) is 0 Å². The number of fused-ring (bicyclic) bond motifs is 3. The van der Waals surface area contributed by atoms with E-state index in [2.05, 4.69) is 23.5 Å². The highest BCUT2D eigenvalue weighted by atomic mass is 32.1. The maximum Gasteiger partial charge on any atom is 0.265 e. The molecule has 0 unspecified atom stereocenters. The summed E-state index contributed by atoms with van der Waals surface area (Å²) >= 11 is 1.53. The number of aryl methyl sites for hydroxylation is 2. The molecule has 0 aliphatic heterocycles. The van der Waals surface area contributed by atoms with Crippen molar-refractivity contribution in [1.29, 1.82) is 0 Å². The summed E-state index contributed by atoms with van der Waals surface area (Å²) in [6.07, 6.45) is 1.97. The zero-order valence-corrected chi connectivity index (χ0v) is 15.3. The van der Waals surface area contributed by atoms with Crippen LogP contribution in [0.1, 0.15) is 20.8 Å². The van der Waals surface area contributed by atoms with Crippen molar-refractivity contribution in [2.45, 2.75) is 12.8 Å². The lowest BCUT2D eigenvalue weighted by Gasteiger charge is -2.15. The van der Waals surface area contributed by atoms with E-state index in [0.717, 1.165) is 12.8 Å². The molecule has 1 aliphatic rings. The van der Waals surface area contributed by atoms with Crippen LogP contribution in [-0.2, 0) is 17.6 Å². The fraction of sp³-hybridized carbons (Fsp3) is 0.143. The maximum atomic E-state index is 12.7. The molecule has 0 saturated heterocycles. The molecule has 0 bridgehead atoms. The molecular weight excluding hydrogens is 360 g/mol. The zero-order valence-electron chi connectivity index (χ0n) is 14.5. The Morgan fingerprint density at radius 3 is 2.56 bits per heavy atom. The molecule has 27 heavy (non-hydrogen) atoms. The summed E-state index contributed by atoms with van der Waals surface area (Å²) in [7, 11) is 0. The van der Waals surface area contributed by atoms with Gasteiger partial charge in [-0.3, -0.25) is 9.59 Å². The number of thiophene rings is 1. The molecule has 6 heteroatoms. The van der Waals surface area contributed by atoms with Gasteiger partial charge in [0.2, 0.25) is 0 Å². The molecule has 0 saturated carbocycles. The Morgan fingerprint density at radius 1 is 1.04 bits per heavy atom. The van der Waals surface area contributed by atoms with Crippen LogP contribution in [0.25, 0.3) is 10.4 Å². The van der Waals surface area contributed by atoms with Gasteiger partial charge >= 0.3 is 0 Å². The van der Waals surface area contributed by atoms with E-state index < -0.39 is 5.91 Å². The van der Waals surface area contributed by atoms with Gasteiger partial charge in [0.25, 0.3) is 11.8 Å². The Balaban J connectivity index is 1.48. The third-order valence-electron chi connectivity index (χ3n) is 4.45. The summed E-state index contributed by atoms with van der Waals surface area (Å²) in [6.45, 7) is -0.173. The van der Waals surface area contributed by atoms with Gasteiger partial charge in [-0.05, 0) is 59.9 Å². The fourth-order valence-electron chi connectivity index (χ4n) is 3.17. The van der Waals surface area contributed by atoms with Crippen LogP contribution in [0.3, 0.4) is 0 Å². The number of anilines is 1. The molecule has 5 nitrogen and oxygen atoms in total. The van der Waals surface area contributed by atoms with Crippen molar-refractivity contribution in [2.24, 2.45) is 5.73 Å². The average Bonchev–Trinajstić information content (AvgIpc) is 3.12. The van der Waals surface area contributed by atoms with Crippen LogP contribution in [0, 0.1) is 0 Å². The molecular formula is C21H18N2O3S. The maximum absolute atomic E-state index is 12.7. The summed E-state index contributed by atoms with van der Waals surface area (Å²) in [5.41, 5.74) is 9.53. The van der Waals surface area contributed by atoms with Gasteiger partial charge in [-0.25, -0.2) is 0 Å². The number of ether oxygens (including phenoxy) is 1. The number of rotatable bonds is 5. The highest BCUT2D eigenvalue weighted by Crippen LogP contribution is 2.39. The molecule has 1 aromatic heterocycles. The molecule has 1 aliphatic carbocycles. The van der Waals surface area contributed by atoms with Crippen molar-refractivity contribution in [3.05, 3.63) is 70.6 Å². The summed E-state index contributed by atoms with van der Waals surface area (Å²) in [5, 5.41) is 2.91. The minimum Gasteiger partial charge on any atom is -0.484 e. The van der Waals surface area contributed by atoms with E-state index >= 15 is 0 Å². The van der Waals surface area contributed by atoms with Gasteiger partial charge in [0.15, 0.2) is 6.61 Å². The van der Waals surface area contributed by atoms with Crippen molar-refractivity contribution in [2.75, 3.05) is 11.9 Å². The molecule has 2 amide bonds. The topological polar surface area (TPSA) is 81.4 Å². The Kier molecular flexibility index (Phi) is 4.64. The van der Waals surface area contributed by atoms with Crippen molar-refractivity contribution < 1.29 is 14.3 Å². The van der Waals surface area contributed by atoms with Crippen LogP contribution in [0.4, 0.5) is 5.69 Å². The van der Waals surface area contributed by atoms with Crippen molar-refractivity contribution in [3.63, 3.8) is 0 Å². The van der Waals surface area contributed by atoms with E-state index in [-0.39, 0.29) is 12.5 Å². The largest absolute Gasteiger partial charge is 0.484 e. The first-order valence-electron chi connectivity index (χ1n) is 8.63. The van der Waals surface area contributed by atoms with E-state index in [1.165, 1.54) is 32.9 Å². The minimum atomic E-state index is -0.532. The second-order valence-electron chi connectivity index (χ2n) is 6.36. The molecule has 3 aromatic rings. The normalized spacial score (nSPS) is 12.0. The second-order valence-corrected chi connectivity index (χ2v) is 7.41. The molecule has 1 heterocycles. The van der Waals surface area contributed by atoms with E-state index in [9.17, 15) is 9.59 Å². The summed E-state index contributed by atoms with van der Waals surface area (Å²) < 4.78 is 5.22. The lowest BCUT2D eigenvalue weighted by molar-refractivity contribution is -0.119. The molecule has 2 aromatic carbocycles. The first-order valence-corrected chi connectivity index (χ1v) is 9.45. The van der Waals surface area contributed by atoms with Gasteiger partial charge in [-0.15, -0.1) is 11.3 Å². The fourth-order valence-corrected chi connectivity index (χ4v) is 4.33. The van der Waals surface area contributed by atoms with Gasteiger partial charge in [-0.2, -0.15) is 0 Å². The molecule has 0 radical (unpaired) electrons. The number of nitrogens with two attached hydrogens (primary N) is 1. The minimum absolute atomic E-state index is 0.127. The predicted octanol–water partition coefficient (Wildman–Crippen LogP) is 3.63. The third-order valence-corrected chi connectivity index (χ3v) is 5.66. The Morgan fingerprint density at radius 2 is 1.78 bits per heavy atom. The number of hydrogen-bond acceptors (Lipinski definition) is 4. The molecule has 0 spiro atoms. The lowest BCUT2D eigenvalue weighted by Crippen LogP contribution is -2.20. The highest BCUT2D eigenvalue weighted by Gasteiger charge is 2.21. The van der Waals surface area contributed by atoms with E-state index in [4.69, 9.17) is 10.5 Å². The first-order chi connectivity index (χ1) is 13.1. The number of nitrogens with one attached hydrogen (secondary N) is 1. The number of carbonyl (C=O) groups is 2. The van der Waals surface area contributed by atoms with E-state index in [1.807, 2.05) is 12.1 Å². The number of carbonyl (C=O) groups excluding carboxylic acids is 2. The molecule has 0 atom stereocenters. The van der Waals surface area contributed by atoms with Gasteiger partial charge < -0.3 is 15.8 Å². The van der Waals surface area contributed by atoms with Gasteiger partial charge in [0.05, 0.1) is 4.88 Å². The summed E-state index contributed by atoms with van der Waals surface area (Å²) in [5.74, 6) is -0.136. The number of hydrogen-bond donors (Lipinski definition) is 2. The van der Waals surface area contributed by atoms with Crippen LogP contribution in [0.5, 0.6) is 5.75 Å². The van der Waals surface area contributed by atoms with Crippen LogP contribution < -0.4 is 15.8 Å². The monoisotopic (exact) mass is 378 g/mol. The highest BCUT2D eigenvalue weighted by molar-refractivity contribution is 7.17. The summed E-state index contributed by atoms with van der Waals surface area (Å²) in [4.78, 5) is 25.3. The molecule has 4 rings (SSSR count). The summed E-state index contributed by atoms with van der Waals surface area (Å²) in [6, 6.07) is 17.2. The number of amides is 2. The SMILES string of the molecule is NC(=O)COc1ccc(NC(=O)c2cc3c(s2)-c2ccccc2CC3)cc1. The van der Waals surface area contributed by atoms with E-state index in [0.29, 0.717) is 16.3 Å². The Bertz CT molecular complexity index is 1010. The zero-order chi connectivity index (χ0) is 18.8. The quantitative estimate of drug-likeness (QED) is 0.711. The van der Waals surface area contributed by atoms with Crippen LogP contribution >= 0.6 is 11.3 Å². The second kappa shape index (κ2) is 7.25. The van der Waals surface area contributed by atoms with Gasteiger partial charge in [-0.1, -0.05) is 24.3 Å². The average molecular weight is 378 g/mol. The first kappa shape index (κ1) is 17.3. The molecule has 3 N–H and O–H groups in total. The number of primary amides is 1. The van der Waals surface area contributed by atoms with Crippen LogP contribution in [-0.4, -0.2) is 18.4 Å². The molecule has 0 fully saturated rings. The standard InChI is InChI=1S/C21H18N2O3S/c22-19(24)12-26-16-9-7-15(8-10-16)23-21(25)18-11-14-6-5-13-3-1-2-4-17(13)20(14)27-18/h1-4,7-11H,5-6,12H2,(H2,22,24)(H,23,25). The Hall–Kier alpha value is -3.12. The van der Waals surface area contributed by atoms with Crippen molar-refractivity contribution in [1.82, 2.24) is 0 Å². The third kappa shape index (κ3) is 3.71. The number of benzene rings is 2. The van der Waals surface area contributed by atoms with Crippen molar-refractivity contribution in [3.8, 4) is 16.2 Å². The van der Waals surface area contributed by atoms with E-state index in [1.54, 1.807) is 24.3 Å². The molecule has 136 valence electrons.